The average Bonchev–Trinajstić information content (AvgIpc) is 2.66. The van der Waals surface area contributed by atoms with Gasteiger partial charge in [-0.05, 0) is 43.2 Å². The molecule has 0 heterocycles. The van der Waals surface area contributed by atoms with E-state index in [-0.39, 0.29) is 17.7 Å². The third-order valence-electron chi connectivity index (χ3n) is 5.77. The molecule has 3 unspecified atom stereocenters. The van der Waals surface area contributed by atoms with Gasteiger partial charge in [0.1, 0.15) is 0 Å². The van der Waals surface area contributed by atoms with Crippen LogP contribution in [0, 0.1) is 17.8 Å². The SMILES string of the molecule is NCCNC(=O)c1ccccc1NC(=O)C1CCC2CCCCC2C1. The Morgan fingerprint density at radius 1 is 1.04 bits per heavy atom. The van der Waals surface area contributed by atoms with Gasteiger partial charge in [0.2, 0.25) is 5.91 Å². The molecule has 0 spiro atoms. The van der Waals surface area contributed by atoms with Gasteiger partial charge in [-0.15, -0.1) is 0 Å². The summed E-state index contributed by atoms with van der Waals surface area (Å²) in [6.45, 7) is 0.817. The molecule has 1 aromatic rings. The van der Waals surface area contributed by atoms with Crippen LogP contribution in [-0.4, -0.2) is 24.9 Å². The van der Waals surface area contributed by atoms with Crippen LogP contribution in [0.5, 0.6) is 0 Å². The van der Waals surface area contributed by atoms with Gasteiger partial charge in [-0.1, -0.05) is 37.8 Å². The van der Waals surface area contributed by atoms with Gasteiger partial charge in [-0.2, -0.15) is 0 Å². The molecule has 1 aromatic carbocycles. The van der Waals surface area contributed by atoms with Crippen molar-refractivity contribution in [1.82, 2.24) is 5.32 Å². The van der Waals surface area contributed by atoms with Crippen molar-refractivity contribution < 1.29 is 9.59 Å². The van der Waals surface area contributed by atoms with Crippen LogP contribution in [0.1, 0.15) is 55.3 Å². The van der Waals surface area contributed by atoms with E-state index in [0.29, 0.717) is 30.3 Å². The Morgan fingerprint density at radius 3 is 2.60 bits per heavy atom. The summed E-state index contributed by atoms with van der Waals surface area (Å²) < 4.78 is 0. The fourth-order valence-electron chi connectivity index (χ4n) is 4.42. The second kappa shape index (κ2) is 8.48. The van der Waals surface area contributed by atoms with Crippen LogP contribution in [-0.2, 0) is 4.79 Å². The predicted octanol–water partition coefficient (Wildman–Crippen LogP) is 2.92. The molecule has 0 bridgehead atoms. The minimum atomic E-state index is -0.197. The van der Waals surface area contributed by atoms with Gasteiger partial charge in [0.05, 0.1) is 11.3 Å². The van der Waals surface area contributed by atoms with Crippen molar-refractivity contribution in [2.45, 2.75) is 44.9 Å². The lowest BCUT2D eigenvalue weighted by Gasteiger charge is -2.38. The van der Waals surface area contributed by atoms with E-state index in [1.807, 2.05) is 6.07 Å². The summed E-state index contributed by atoms with van der Waals surface area (Å²) in [5, 5.41) is 5.77. The zero-order valence-corrected chi connectivity index (χ0v) is 14.8. The lowest BCUT2D eigenvalue weighted by Crippen LogP contribution is -2.34. The highest BCUT2D eigenvalue weighted by molar-refractivity contribution is 6.04. The first-order valence-electron chi connectivity index (χ1n) is 9.57. The van der Waals surface area contributed by atoms with Crippen LogP contribution >= 0.6 is 0 Å². The number of nitrogens with one attached hydrogen (secondary N) is 2. The van der Waals surface area contributed by atoms with Crippen LogP contribution < -0.4 is 16.4 Å². The largest absolute Gasteiger partial charge is 0.351 e. The third-order valence-corrected chi connectivity index (χ3v) is 5.77. The van der Waals surface area contributed by atoms with Crippen molar-refractivity contribution in [3.8, 4) is 0 Å². The van der Waals surface area contributed by atoms with Crippen molar-refractivity contribution in [1.29, 1.82) is 0 Å². The first-order valence-corrected chi connectivity index (χ1v) is 9.57. The number of hydrogen-bond acceptors (Lipinski definition) is 3. The molecule has 5 nitrogen and oxygen atoms in total. The van der Waals surface area contributed by atoms with E-state index in [1.54, 1.807) is 18.2 Å². The van der Waals surface area contributed by atoms with Gasteiger partial charge < -0.3 is 16.4 Å². The smallest absolute Gasteiger partial charge is 0.253 e. The Labute approximate surface area is 149 Å². The number of nitrogens with two attached hydrogens (primary N) is 1. The first-order chi connectivity index (χ1) is 12.2. The van der Waals surface area contributed by atoms with Gasteiger partial charge in [-0.3, -0.25) is 9.59 Å². The van der Waals surface area contributed by atoms with Crippen LogP contribution in [0.4, 0.5) is 5.69 Å². The zero-order valence-electron chi connectivity index (χ0n) is 14.8. The molecule has 0 radical (unpaired) electrons. The van der Waals surface area contributed by atoms with E-state index in [1.165, 1.54) is 32.1 Å². The van der Waals surface area contributed by atoms with E-state index in [4.69, 9.17) is 5.73 Å². The Morgan fingerprint density at radius 2 is 1.80 bits per heavy atom. The quantitative estimate of drug-likeness (QED) is 0.768. The lowest BCUT2D eigenvalue weighted by molar-refractivity contribution is -0.122. The van der Waals surface area contributed by atoms with Crippen molar-refractivity contribution in [2.24, 2.45) is 23.5 Å². The van der Waals surface area contributed by atoms with Gasteiger partial charge in [-0.25, -0.2) is 0 Å². The van der Waals surface area contributed by atoms with Crippen molar-refractivity contribution in [3.05, 3.63) is 29.8 Å². The molecule has 0 saturated heterocycles. The number of carbonyl (C=O) groups is 2. The van der Waals surface area contributed by atoms with Crippen molar-refractivity contribution in [2.75, 3.05) is 18.4 Å². The molecule has 3 rings (SSSR count). The number of carbonyl (C=O) groups excluding carboxylic acids is 2. The molecule has 2 fully saturated rings. The third kappa shape index (κ3) is 4.40. The van der Waals surface area contributed by atoms with Gasteiger partial charge in [0, 0.05) is 19.0 Å². The topological polar surface area (TPSA) is 84.2 Å². The number of para-hydroxylation sites is 1. The highest BCUT2D eigenvalue weighted by atomic mass is 16.2. The minimum absolute atomic E-state index is 0.0584. The average molecular weight is 343 g/mol. The van der Waals surface area contributed by atoms with Crippen LogP contribution in [0.2, 0.25) is 0 Å². The summed E-state index contributed by atoms with van der Waals surface area (Å²) in [7, 11) is 0. The maximum Gasteiger partial charge on any atom is 0.253 e. The minimum Gasteiger partial charge on any atom is -0.351 e. The molecule has 2 aliphatic carbocycles. The standard InChI is InChI=1S/C20H29N3O2/c21-11-12-22-20(25)17-7-3-4-8-18(17)23-19(24)16-10-9-14-5-1-2-6-15(14)13-16/h3-4,7-8,14-16H,1-2,5-6,9-13,21H2,(H,22,25)(H,23,24). The van der Waals surface area contributed by atoms with Gasteiger partial charge in [0.15, 0.2) is 0 Å². The van der Waals surface area contributed by atoms with Crippen LogP contribution in [0.25, 0.3) is 0 Å². The summed E-state index contributed by atoms with van der Waals surface area (Å²) in [6, 6.07) is 7.18. The monoisotopic (exact) mass is 343 g/mol. The predicted molar refractivity (Wildman–Crippen MR) is 99.2 cm³/mol. The molecule has 136 valence electrons. The Hall–Kier alpha value is -1.88. The summed E-state index contributed by atoms with van der Waals surface area (Å²) in [5.41, 5.74) is 6.53. The molecule has 2 aliphatic rings. The maximum atomic E-state index is 12.8. The van der Waals surface area contributed by atoms with E-state index in [9.17, 15) is 9.59 Å². The number of amides is 2. The van der Waals surface area contributed by atoms with Crippen molar-refractivity contribution in [3.63, 3.8) is 0 Å². The first kappa shape index (κ1) is 17.9. The lowest BCUT2D eigenvalue weighted by atomic mass is 9.67. The maximum absolute atomic E-state index is 12.8. The summed E-state index contributed by atoms with van der Waals surface area (Å²) >= 11 is 0. The van der Waals surface area contributed by atoms with Crippen LogP contribution in [0.15, 0.2) is 24.3 Å². The highest BCUT2D eigenvalue weighted by Gasteiger charge is 2.35. The van der Waals surface area contributed by atoms with E-state index < -0.39 is 0 Å². The van der Waals surface area contributed by atoms with Gasteiger partial charge >= 0.3 is 0 Å². The molecular weight excluding hydrogens is 314 g/mol. The Balaban J connectivity index is 1.64. The summed E-state index contributed by atoms with van der Waals surface area (Å²) in [6.07, 6.45) is 8.40. The number of rotatable bonds is 5. The number of anilines is 1. The molecule has 0 aliphatic heterocycles. The molecule has 25 heavy (non-hydrogen) atoms. The summed E-state index contributed by atoms with van der Waals surface area (Å²) in [5.74, 6) is 1.47. The normalized spacial score (nSPS) is 25.7. The molecule has 5 heteroatoms. The number of hydrogen-bond donors (Lipinski definition) is 3. The highest BCUT2D eigenvalue weighted by Crippen LogP contribution is 2.42. The number of fused-ring (bicyclic) bond motifs is 1. The van der Waals surface area contributed by atoms with Crippen molar-refractivity contribution >= 4 is 17.5 Å². The van der Waals surface area contributed by atoms with E-state index in [2.05, 4.69) is 10.6 Å². The number of benzene rings is 1. The fourth-order valence-corrected chi connectivity index (χ4v) is 4.42. The molecule has 2 amide bonds. The zero-order chi connectivity index (χ0) is 17.6. The Kier molecular flexibility index (Phi) is 6.08. The second-order valence-corrected chi connectivity index (χ2v) is 7.39. The molecule has 0 aromatic heterocycles. The van der Waals surface area contributed by atoms with E-state index >= 15 is 0 Å². The van der Waals surface area contributed by atoms with E-state index in [0.717, 1.165) is 18.8 Å². The molecular formula is C20H29N3O2. The fraction of sp³-hybridized carbons (Fsp3) is 0.600. The van der Waals surface area contributed by atoms with Crippen LogP contribution in [0.3, 0.4) is 0 Å². The second-order valence-electron chi connectivity index (χ2n) is 7.39. The van der Waals surface area contributed by atoms with Gasteiger partial charge in [0.25, 0.3) is 5.91 Å². The molecule has 3 atom stereocenters. The molecule has 2 saturated carbocycles. The summed E-state index contributed by atoms with van der Waals surface area (Å²) in [4.78, 5) is 25.0. The Bertz CT molecular complexity index is 617. The molecule has 4 N–H and O–H groups in total.